The van der Waals surface area contributed by atoms with E-state index in [-0.39, 0.29) is 0 Å². The van der Waals surface area contributed by atoms with E-state index in [2.05, 4.69) is 0 Å². The first-order valence-electron chi connectivity index (χ1n) is 4.98. The van der Waals surface area contributed by atoms with Crippen LogP contribution in [0.5, 0.6) is 0 Å². The van der Waals surface area contributed by atoms with Crippen molar-refractivity contribution < 1.29 is 18.4 Å². The van der Waals surface area contributed by atoms with E-state index in [0.29, 0.717) is 0 Å². The van der Waals surface area contributed by atoms with Crippen molar-refractivity contribution in [3.05, 3.63) is 0 Å². The van der Waals surface area contributed by atoms with E-state index in [9.17, 15) is 9.36 Å². The highest BCUT2D eigenvalue weighted by Crippen LogP contribution is 2.61. The quantitative estimate of drug-likeness (QED) is 0.456. The van der Waals surface area contributed by atoms with Gasteiger partial charge in [-0.1, -0.05) is 11.6 Å². The van der Waals surface area contributed by atoms with Gasteiger partial charge in [-0.15, -0.1) is 0 Å². The van der Waals surface area contributed by atoms with Crippen molar-refractivity contribution >= 4 is 25.0 Å². The van der Waals surface area contributed by atoms with E-state index in [1.54, 1.807) is 27.7 Å². The van der Waals surface area contributed by atoms with Crippen LogP contribution in [-0.2, 0) is 18.4 Å². The molecule has 16 heavy (non-hydrogen) atoms. The fourth-order valence-corrected chi connectivity index (χ4v) is 3.02. The lowest BCUT2D eigenvalue weighted by molar-refractivity contribution is -0.118. The molecule has 7 heteroatoms. The number of nitrogens with two attached hydrogens (primary N) is 1. The number of halogens is 1. The second-order valence-corrected chi connectivity index (χ2v) is 7.02. The van der Waals surface area contributed by atoms with Gasteiger partial charge in [-0.25, -0.2) is 0 Å². The molecule has 0 aromatic rings. The van der Waals surface area contributed by atoms with Crippen LogP contribution >= 0.6 is 19.2 Å². The molecule has 96 valence electrons. The zero-order valence-electron chi connectivity index (χ0n) is 10.2. The van der Waals surface area contributed by atoms with E-state index < -0.39 is 30.3 Å². The van der Waals surface area contributed by atoms with Crippen LogP contribution in [0.4, 0.5) is 0 Å². The summed E-state index contributed by atoms with van der Waals surface area (Å²) >= 11 is 5.78. The normalized spacial score (nSPS) is 16.6. The number of Topliss-reactive ketones (excluding diaryl/α,β-unsaturated/α-hetero) is 1. The molecule has 0 saturated carbocycles. The Labute approximate surface area is 101 Å². The molecule has 0 bridgehead atoms. The predicted octanol–water partition coefficient (Wildman–Crippen LogP) is 2.47. The second-order valence-electron chi connectivity index (χ2n) is 4.04. The largest absolute Gasteiger partial charge is 0.373 e. The van der Waals surface area contributed by atoms with Crippen LogP contribution < -0.4 is 5.73 Å². The monoisotopic (exact) mass is 271 g/mol. The standard InChI is InChI=1S/C9H19ClNO4P/c1-6(2)14-16(13,15-7(3)4)9(10,11)8(5)12/h6-7H,11H2,1-5H3. The molecule has 0 aliphatic heterocycles. The van der Waals surface area contributed by atoms with Crippen molar-refractivity contribution in [2.24, 2.45) is 5.73 Å². The third-order valence-corrected chi connectivity index (χ3v) is 4.99. The molecule has 1 unspecified atom stereocenters. The number of carbonyl (C=O) groups is 1. The molecule has 0 radical (unpaired) electrons. The number of hydrogen-bond donors (Lipinski definition) is 1. The fraction of sp³-hybridized carbons (Fsp3) is 0.889. The molecule has 0 heterocycles. The van der Waals surface area contributed by atoms with Gasteiger partial charge in [0.05, 0.1) is 12.2 Å². The zero-order chi connectivity index (χ0) is 13.1. The summed E-state index contributed by atoms with van der Waals surface area (Å²) in [7, 11) is -3.90. The highest BCUT2D eigenvalue weighted by atomic mass is 35.5. The van der Waals surface area contributed by atoms with E-state index in [4.69, 9.17) is 26.4 Å². The molecule has 0 aliphatic carbocycles. The Kier molecular flexibility index (Phi) is 5.63. The topological polar surface area (TPSA) is 78.6 Å². The minimum Gasteiger partial charge on any atom is -0.303 e. The molecule has 0 fully saturated rings. The molecule has 0 spiro atoms. The first-order chi connectivity index (χ1) is 7.03. The minimum absolute atomic E-state index is 0.411. The Morgan fingerprint density at radius 1 is 1.25 bits per heavy atom. The summed E-state index contributed by atoms with van der Waals surface area (Å²) in [5.41, 5.74) is 5.54. The van der Waals surface area contributed by atoms with Crippen molar-refractivity contribution in [1.29, 1.82) is 0 Å². The summed E-state index contributed by atoms with van der Waals surface area (Å²) in [6.45, 7) is 7.77. The molecule has 0 aromatic carbocycles. The second kappa shape index (κ2) is 5.61. The fourth-order valence-electron chi connectivity index (χ4n) is 0.926. The van der Waals surface area contributed by atoms with Gasteiger partial charge in [0.2, 0.25) is 0 Å². The smallest absolute Gasteiger partial charge is 0.303 e. The summed E-state index contributed by atoms with van der Waals surface area (Å²) in [5, 5.41) is 0. The van der Waals surface area contributed by atoms with Crippen molar-refractivity contribution in [2.75, 3.05) is 0 Å². The van der Waals surface area contributed by atoms with Gasteiger partial charge >= 0.3 is 7.60 Å². The molecule has 0 aliphatic rings. The Morgan fingerprint density at radius 2 is 1.56 bits per heavy atom. The third-order valence-electron chi connectivity index (χ3n) is 1.59. The molecule has 5 nitrogen and oxygen atoms in total. The number of carbonyl (C=O) groups excluding carboxylic acids is 1. The maximum absolute atomic E-state index is 12.4. The first kappa shape index (κ1) is 16.1. The Bertz CT molecular complexity index is 290. The lowest BCUT2D eigenvalue weighted by Gasteiger charge is -2.31. The van der Waals surface area contributed by atoms with Gasteiger partial charge in [-0.05, 0) is 34.6 Å². The number of rotatable bonds is 6. The third kappa shape index (κ3) is 3.82. The lowest BCUT2D eigenvalue weighted by atomic mass is 10.4. The number of alkyl halides is 1. The summed E-state index contributed by atoms with van der Waals surface area (Å²) in [6, 6.07) is 0. The summed E-state index contributed by atoms with van der Waals surface area (Å²) in [4.78, 5) is 11.3. The van der Waals surface area contributed by atoms with Gasteiger partial charge < -0.3 is 9.05 Å². The molecular weight excluding hydrogens is 253 g/mol. The van der Waals surface area contributed by atoms with Crippen LogP contribution in [0.3, 0.4) is 0 Å². The molecule has 0 rings (SSSR count). The van der Waals surface area contributed by atoms with Crippen LogP contribution in [0.1, 0.15) is 34.6 Å². The van der Waals surface area contributed by atoms with Crippen LogP contribution in [0.25, 0.3) is 0 Å². The Hall–Kier alpha value is 0.0700. The van der Waals surface area contributed by atoms with Gasteiger partial charge in [0, 0.05) is 0 Å². The zero-order valence-corrected chi connectivity index (χ0v) is 11.8. The van der Waals surface area contributed by atoms with E-state index in [1.807, 2.05) is 0 Å². The molecule has 0 amide bonds. The van der Waals surface area contributed by atoms with Crippen molar-refractivity contribution in [1.82, 2.24) is 0 Å². The van der Waals surface area contributed by atoms with Gasteiger partial charge in [0.25, 0.3) is 4.74 Å². The number of ketones is 1. The highest BCUT2D eigenvalue weighted by molar-refractivity contribution is 7.59. The van der Waals surface area contributed by atoms with E-state index in [1.165, 1.54) is 0 Å². The molecular formula is C9H19ClNO4P. The summed E-state index contributed by atoms with van der Waals surface area (Å²) in [5.74, 6) is -0.654. The Morgan fingerprint density at radius 3 is 1.75 bits per heavy atom. The van der Waals surface area contributed by atoms with E-state index in [0.717, 1.165) is 6.92 Å². The summed E-state index contributed by atoms with van der Waals surface area (Å²) < 4.78 is 20.5. The maximum atomic E-state index is 12.4. The van der Waals surface area contributed by atoms with Crippen molar-refractivity contribution in [3.63, 3.8) is 0 Å². The Balaban J connectivity index is 5.22. The number of hydrogen-bond acceptors (Lipinski definition) is 5. The first-order valence-corrected chi connectivity index (χ1v) is 6.90. The predicted molar refractivity (Wildman–Crippen MR) is 63.5 cm³/mol. The molecule has 0 saturated heterocycles. The summed E-state index contributed by atoms with van der Waals surface area (Å²) in [6.07, 6.45) is -0.823. The van der Waals surface area contributed by atoms with Crippen LogP contribution in [-0.4, -0.2) is 22.7 Å². The van der Waals surface area contributed by atoms with Gasteiger partial charge in [0.15, 0.2) is 5.78 Å². The average molecular weight is 272 g/mol. The minimum atomic E-state index is -3.90. The van der Waals surface area contributed by atoms with Crippen LogP contribution in [0.2, 0.25) is 0 Å². The average Bonchev–Trinajstić information content (AvgIpc) is 1.99. The van der Waals surface area contributed by atoms with E-state index >= 15 is 0 Å². The van der Waals surface area contributed by atoms with Crippen LogP contribution in [0.15, 0.2) is 0 Å². The van der Waals surface area contributed by atoms with Crippen LogP contribution in [0, 0.1) is 0 Å². The SMILES string of the molecule is CC(=O)C(N)(Cl)P(=O)(OC(C)C)OC(C)C. The van der Waals surface area contributed by atoms with Gasteiger partial charge in [0.1, 0.15) is 0 Å². The molecule has 2 N–H and O–H groups in total. The molecule has 0 aromatic heterocycles. The highest BCUT2D eigenvalue weighted by Gasteiger charge is 2.52. The lowest BCUT2D eigenvalue weighted by Crippen LogP contribution is -2.42. The van der Waals surface area contributed by atoms with Crippen molar-refractivity contribution in [3.8, 4) is 0 Å². The van der Waals surface area contributed by atoms with Gasteiger partial charge in [-0.3, -0.25) is 15.1 Å². The van der Waals surface area contributed by atoms with Crippen molar-refractivity contribution in [2.45, 2.75) is 51.6 Å². The van der Waals surface area contributed by atoms with Gasteiger partial charge in [-0.2, -0.15) is 0 Å². The molecule has 1 atom stereocenters. The maximum Gasteiger partial charge on any atom is 0.373 e.